The number of non-ortho nitro benzene ring substituents is 1. The minimum Gasteiger partial charge on any atom is -0.415 e. The quantitative estimate of drug-likeness (QED) is 0.524. The highest BCUT2D eigenvalue weighted by Gasteiger charge is 2.21. The Bertz CT molecular complexity index is 894. The summed E-state index contributed by atoms with van der Waals surface area (Å²) >= 11 is 5.93. The zero-order valence-corrected chi connectivity index (χ0v) is 15.1. The van der Waals surface area contributed by atoms with Crippen LogP contribution < -0.4 is 5.32 Å². The number of nitro groups is 1. The molecule has 26 heavy (non-hydrogen) atoms. The standard InChI is InChI=1S/C18H17ClN4O3/c1-11(13-3-7-15(19)8-4-13)20-12(2)17-21-22-18(26-17)14-5-9-16(10-6-14)23(24)25/h3-12,20H,1-2H3/p+1/t11-,12-/m0/s1. The molecule has 0 saturated heterocycles. The molecular weight excluding hydrogens is 356 g/mol. The van der Waals surface area contributed by atoms with Gasteiger partial charge in [-0.1, -0.05) is 23.7 Å². The molecule has 0 saturated carbocycles. The van der Waals surface area contributed by atoms with Crippen molar-refractivity contribution in [1.29, 1.82) is 0 Å². The Morgan fingerprint density at radius 1 is 1.04 bits per heavy atom. The Labute approximate surface area is 155 Å². The van der Waals surface area contributed by atoms with Crippen LogP contribution in [0.1, 0.15) is 37.4 Å². The number of nitrogens with zero attached hydrogens (tertiary/aromatic N) is 3. The number of quaternary nitrogens is 1. The van der Waals surface area contributed by atoms with Gasteiger partial charge in [-0.25, -0.2) is 0 Å². The summed E-state index contributed by atoms with van der Waals surface area (Å²) in [6.07, 6.45) is 0. The van der Waals surface area contributed by atoms with Gasteiger partial charge >= 0.3 is 0 Å². The third-order valence-corrected chi connectivity index (χ3v) is 4.38. The summed E-state index contributed by atoms with van der Waals surface area (Å²) in [7, 11) is 0. The van der Waals surface area contributed by atoms with E-state index in [4.69, 9.17) is 16.0 Å². The lowest BCUT2D eigenvalue weighted by Gasteiger charge is -2.14. The molecule has 7 nitrogen and oxygen atoms in total. The van der Waals surface area contributed by atoms with Crippen LogP contribution in [0.15, 0.2) is 52.9 Å². The molecule has 0 amide bonds. The smallest absolute Gasteiger partial charge is 0.274 e. The first-order valence-electron chi connectivity index (χ1n) is 8.12. The van der Waals surface area contributed by atoms with Crippen molar-refractivity contribution in [2.75, 3.05) is 0 Å². The third-order valence-electron chi connectivity index (χ3n) is 4.13. The highest BCUT2D eigenvalue weighted by molar-refractivity contribution is 6.30. The predicted octanol–water partition coefficient (Wildman–Crippen LogP) is 3.68. The Balaban J connectivity index is 1.70. The zero-order chi connectivity index (χ0) is 18.7. The fourth-order valence-corrected chi connectivity index (χ4v) is 2.78. The second kappa shape index (κ2) is 7.63. The lowest BCUT2D eigenvalue weighted by molar-refractivity contribution is -0.730. The van der Waals surface area contributed by atoms with Gasteiger partial charge in [0.2, 0.25) is 5.89 Å². The second-order valence-electron chi connectivity index (χ2n) is 6.07. The Kier molecular flexibility index (Phi) is 5.29. The normalized spacial score (nSPS) is 13.3. The van der Waals surface area contributed by atoms with Crippen LogP contribution in [-0.4, -0.2) is 15.1 Å². The summed E-state index contributed by atoms with van der Waals surface area (Å²) in [5.41, 5.74) is 1.82. The molecule has 1 aromatic heterocycles. The van der Waals surface area contributed by atoms with Crippen LogP contribution in [0.5, 0.6) is 0 Å². The molecule has 2 N–H and O–H groups in total. The van der Waals surface area contributed by atoms with Crippen LogP contribution >= 0.6 is 11.6 Å². The predicted molar refractivity (Wildman–Crippen MR) is 96.6 cm³/mol. The van der Waals surface area contributed by atoms with Gasteiger partial charge in [0.25, 0.3) is 11.6 Å². The number of benzene rings is 2. The van der Waals surface area contributed by atoms with Gasteiger partial charge in [0.1, 0.15) is 6.04 Å². The van der Waals surface area contributed by atoms with Crippen molar-refractivity contribution in [2.24, 2.45) is 0 Å². The van der Waals surface area contributed by atoms with Gasteiger partial charge in [-0.2, -0.15) is 0 Å². The van der Waals surface area contributed by atoms with Gasteiger partial charge in [-0.15, -0.1) is 10.2 Å². The molecular formula is C18H18ClN4O3+. The SMILES string of the molecule is C[C@H]([NH2+][C@@H](C)c1nnc(-c2ccc([N+](=O)[O-])cc2)o1)c1ccc(Cl)cc1. The van der Waals surface area contributed by atoms with E-state index in [1.165, 1.54) is 12.1 Å². The van der Waals surface area contributed by atoms with Crippen molar-refractivity contribution in [2.45, 2.75) is 25.9 Å². The number of nitrogens with two attached hydrogens (primary N) is 1. The van der Waals surface area contributed by atoms with Gasteiger partial charge in [-0.3, -0.25) is 10.1 Å². The topological polar surface area (TPSA) is 98.7 Å². The minimum absolute atomic E-state index is 0.0204. The van der Waals surface area contributed by atoms with Crippen LogP contribution in [0.3, 0.4) is 0 Å². The molecule has 0 aliphatic carbocycles. The van der Waals surface area contributed by atoms with Crippen molar-refractivity contribution in [1.82, 2.24) is 10.2 Å². The largest absolute Gasteiger partial charge is 0.415 e. The molecule has 3 rings (SSSR count). The van der Waals surface area contributed by atoms with Crippen molar-refractivity contribution in [3.05, 3.63) is 75.1 Å². The van der Waals surface area contributed by atoms with E-state index < -0.39 is 4.92 Å². The summed E-state index contributed by atoms with van der Waals surface area (Å²) in [5, 5.41) is 21.7. The number of aromatic nitrogens is 2. The maximum absolute atomic E-state index is 10.7. The molecule has 8 heteroatoms. The number of hydrogen-bond acceptors (Lipinski definition) is 5. The highest BCUT2D eigenvalue weighted by atomic mass is 35.5. The van der Waals surface area contributed by atoms with E-state index in [0.29, 0.717) is 22.4 Å². The number of nitro benzene ring substituents is 1. The van der Waals surface area contributed by atoms with E-state index in [2.05, 4.69) is 22.4 Å². The molecule has 2 aromatic carbocycles. The molecule has 2 atom stereocenters. The van der Waals surface area contributed by atoms with Crippen LogP contribution in [0.25, 0.3) is 11.5 Å². The van der Waals surface area contributed by atoms with E-state index in [9.17, 15) is 10.1 Å². The number of halogens is 1. The van der Waals surface area contributed by atoms with E-state index in [-0.39, 0.29) is 17.8 Å². The summed E-state index contributed by atoms with van der Waals surface area (Å²) in [6.45, 7) is 4.08. The first-order valence-corrected chi connectivity index (χ1v) is 8.50. The molecule has 0 aliphatic heterocycles. The first kappa shape index (κ1) is 18.0. The molecule has 0 spiro atoms. The molecule has 0 radical (unpaired) electrons. The van der Waals surface area contributed by atoms with Crippen LogP contribution in [-0.2, 0) is 0 Å². The van der Waals surface area contributed by atoms with Crippen LogP contribution in [0.4, 0.5) is 5.69 Å². The van der Waals surface area contributed by atoms with Crippen molar-refractivity contribution >= 4 is 17.3 Å². The van der Waals surface area contributed by atoms with Gasteiger partial charge in [0.15, 0.2) is 6.04 Å². The average Bonchev–Trinajstić information content (AvgIpc) is 3.12. The molecule has 134 valence electrons. The van der Waals surface area contributed by atoms with Crippen LogP contribution in [0.2, 0.25) is 5.02 Å². The maximum Gasteiger partial charge on any atom is 0.274 e. The molecule has 0 aliphatic rings. The van der Waals surface area contributed by atoms with E-state index in [1.807, 2.05) is 31.2 Å². The maximum atomic E-state index is 10.7. The van der Waals surface area contributed by atoms with E-state index >= 15 is 0 Å². The van der Waals surface area contributed by atoms with Crippen molar-refractivity contribution in [3.63, 3.8) is 0 Å². The average molecular weight is 374 g/mol. The summed E-state index contributed by atoms with van der Waals surface area (Å²) in [4.78, 5) is 10.3. The minimum atomic E-state index is -0.446. The lowest BCUT2D eigenvalue weighted by Crippen LogP contribution is -2.85. The number of hydrogen-bond donors (Lipinski definition) is 1. The summed E-state index contributed by atoms with van der Waals surface area (Å²) < 4.78 is 5.74. The van der Waals surface area contributed by atoms with E-state index in [0.717, 1.165) is 5.56 Å². The third kappa shape index (κ3) is 4.07. The molecule has 0 fully saturated rings. The van der Waals surface area contributed by atoms with E-state index in [1.54, 1.807) is 12.1 Å². The highest BCUT2D eigenvalue weighted by Crippen LogP contribution is 2.22. The molecule has 0 unspecified atom stereocenters. The van der Waals surface area contributed by atoms with Gasteiger partial charge in [0, 0.05) is 28.3 Å². The summed E-state index contributed by atoms with van der Waals surface area (Å²) in [5.74, 6) is 0.841. The van der Waals surface area contributed by atoms with Gasteiger partial charge < -0.3 is 9.73 Å². The molecule has 1 heterocycles. The Morgan fingerprint density at radius 2 is 1.69 bits per heavy atom. The Morgan fingerprint density at radius 3 is 2.31 bits per heavy atom. The zero-order valence-electron chi connectivity index (χ0n) is 14.3. The van der Waals surface area contributed by atoms with Gasteiger partial charge in [0.05, 0.1) is 4.92 Å². The lowest BCUT2D eigenvalue weighted by atomic mass is 10.1. The fourth-order valence-electron chi connectivity index (χ4n) is 2.65. The fraction of sp³-hybridized carbons (Fsp3) is 0.222. The van der Waals surface area contributed by atoms with Crippen LogP contribution in [0, 0.1) is 10.1 Å². The van der Waals surface area contributed by atoms with Crippen molar-refractivity contribution < 1.29 is 14.7 Å². The van der Waals surface area contributed by atoms with Crippen molar-refractivity contribution in [3.8, 4) is 11.5 Å². The first-order chi connectivity index (χ1) is 12.4. The second-order valence-corrected chi connectivity index (χ2v) is 6.51. The molecule has 0 bridgehead atoms. The summed E-state index contributed by atoms with van der Waals surface area (Å²) in [6, 6.07) is 13.9. The van der Waals surface area contributed by atoms with Gasteiger partial charge in [-0.05, 0) is 38.1 Å². The number of rotatable bonds is 6. The monoisotopic (exact) mass is 373 g/mol. The molecule has 3 aromatic rings. The Hall–Kier alpha value is -2.77.